The highest BCUT2D eigenvalue weighted by molar-refractivity contribution is 7.89. The third kappa shape index (κ3) is 2.75. The Bertz CT molecular complexity index is 596. The van der Waals surface area contributed by atoms with E-state index in [1.807, 2.05) is 26.8 Å². The van der Waals surface area contributed by atoms with Gasteiger partial charge in [0.05, 0.1) is 4.90 Å². The van der Waals surface area contributed by atoms with Crippen LogP contribution in [0.2, 0.25) is 0 Å². The minimum Gasteiger partial charge on any atom is -0.326 e. The van der Waals surface area contributed by atoms with Gasteiger partial charge < -0.3 is 5.73 Å². The Balaban J connectivity index is 2.48. The number of sulfonamides is 1. The Hall–Kier alpha value is -0.910. The molecule has 1 aromatic carbocycles. The number of nitrogens with two attached hydrogens (primary N) is 1. The van der Waals surface area contributed by atoms with Crippen LogP contribution in [-0.2, 0) is 16.6 Å². The van der Waals surface area contributed by atoms with E-state index < -0.39 is 10.0 Å². The first kappa shape index (κ1) is 15.5. The molecule has 1 aliphatic rings. The van der Waals surface area contributed by atoms with Gasteiger partial charge in [0.2, 0.25) is 10.0 Å². The third-order valence-corrected chi connectivity index (χ3v) is 6.34. The van der Waals surface area contributed by atoms with Crippen LogP contribution in [0.15, 0.2) is 17.0 Å². The Kier molecular flexibility index (Phi) is 4.52. The molecule has 0 amide bonds. The van der Waals surface area contributed by atoms with Crippen molar-refractivity contribution in [3.8, 4) is 0 Å². The van der Waals surface area contributed by atoms with Gasteiger partial charge in [-0.2, -0.15) is 4.31 Å². The van der Waals surface area contributed by atoms with E-state index in [1.165, 1.54) is 0 Å². The summed E-state index contributed by atoms with van der Waals surface area (Å²) in [7, 11) is -3.41. The molecule has 1 fully saturated rings. The van der Waals surface area contributed by atoms with E-state index in [9.17, 15) is 8.42 Å². The molecule has 0 aromatic heterocycles. The van der Waals surface area contributed by atoms with E-state index in [1.54, 1.807) is 10.4 Å². The first-order chi connectivity index (χ1) is 9.37. The topological polar surface area (TPSA) is 63.4 Å². The van der Waals surface area contributed by atoms with Crippen LogP contribution < -0.4 is 5.73 Å². The maximum absolute atomic E-state index is 12.9. The molecule has 2 N–H and O–H groups in total. The molecule has 1 heterocycles. The van der Waals surface area contributed by atoms with Crippen LogP contribution in [0.3, 0.4) is 0 Å². The van der Waals surface area contributed by atoms with Gasteiger partial charge in [0.1, 0.15) is 0 Å². The van der Waals surface area contributed by atoms with Gasteiger partial charge >= 0.3 is 0 Å². The molecule has 0 saturated carbocycles. The maximum atomic E-state index is 12.9. The molecule has 1 unspecified atom stereocenters. The van der Waals surface area contributed by atoms with Gasteiger partial charge in [-0.1, -0.05) is 12.5 Å². The van der Waals surface area contributed by atoms with Crippen molar-refractivity contribution in [2.45, 2.75) is 57.5 Å². The lowest BCUT2D eigenvalue weighted by Crippen LogP contribution is -2.42. The number of piperidine rings is 1. The number of rotatable bonds is 3. The highest BCUT2D eigenvalue weighted by atomic mass is 32.2. The molecule has 0 spiro atoms. The lowest BCUT2D eigenvalue weighted by Gasteiger charge is -2.32. The molecule has 112 valence electrons. The molecule has 0 radical (unpaired) electrons. The fourth-order valence-corrected chi connectivity index (χ4v) is 4.89. The monoisotopic (exact) mass is 296 g/mol. The van der Waals surface area contributed by atoms with Crippen LogP contribution in [0, 0.1) is 13.8 Å². The van der Waals surface area contributed by atoms with Gasteiger partial charge in [-0.15, -0.1) is 0 Å². The Morgan fingerprint density at radius 3 is 2.55 bits per heavy atom. The number of hydrogen-bond acceptors (Lipinski definition) is 3. The maximum Gasteiger partial charge on any atom is 0.243 e. The van der Waals surface area contributed by atoms with E-state index in [4.69, 9.17) is 5.73 Å². The fourth-order valence-electron chi connectivity index (χ4n) is 2.93. The summed E-state index contributed by atoms with van der Waals surface area (Å²) < 4.78 is 27.4. The zero-order valence-electron chi connectivity index (χ0n) is 12.5. The second-order valence-electron chi connectivity index (χ2n) is 5.71. The molecule has 1 aromatic rings. The summed E-state index contributed by atoms with van der Waals surface area (Å²) >= 11 is 0. The average Bonchev–Trinajstić information content (AvgIpc) is 2.38. The van der Waals surface area contributed by atoms with Crippen LogP contribution in [0.1, 0.15) is 42.9 Å². The number of nitrogens with zero attached hydrogens (tertiary/aromatic N) is 1. The summed E-state index contributed by atoms with van der Waals surface area (Å²) in [5.74, 6) is 0. The van der Waals surface area contributed by atoms with Crippen molar-refractivity contribution >= 4 is 10.0 Å². The van der Waals surface area contributed by atoms with E-state index in [0.717, 1.165) is 36.0 Å². The molecule has 1 atom stereocenters. The Morgan fingerprint density at radius 1 is 1.25 bits per heavy atom. The first-order valence-electron chi connectivity index (χ1n) is 7.20. The summed E-state index contributed by atoms with van der Waals surface area (Å²) in [5.41, 5.74) is 8.47. The molecule has 1 aliphatic heterocycles. The first-order valence-corrected chi connectivity index (χ1v) is 8.64. The van der Waals surface area contributed by atoms with E-state index in [-0.39, 0.29) is 6.04 Å². The van der Waals surface area contributed by atoms with E-state index in [2.05, 4.69) is 0 Å². The van der Waals surface area contributed by atoms with Crippen LogP contribution in [0.5, 0.6) is 0 Å². The molecule has 5 heteroatoms. The molecular formula is C15H24N2O2S. The lowest BCUT2D eigenvalue weighted by atomic mass is 10.1. The van der Waals surface area contributed by atoms with Crippen molar-refractivity contribution in [1.82, 2.24) is 4.31 Å². The van der Waals surface area contributed by atoms with E-state index >= 15 is 0 Å². The molecule has 0 aliphatic carbocycles. The summed E-state index contributed by atoms with van der Waals surface area (Å²) in [6.07, 6.45) is 2.99. The second-order valence-corrected chi connectivity index (χ2v) is 7.57. The van der Waals surface area contributed by atoms with Crippen LogP contribution >= 0.6 is 0 Å². The van der Waals surface area contributed by atoms with Crippen molar-refractivity contribution in [2.75, 3.05) is 6.54 Å². The van der Waals surface area contributed by atoms with Gasteiger partial charge in [0.25, 0.3) is 0 Å². The van der Waals surface area contributed by atoms with Crippen molar-refractivity contribution < 1.29 is 8.42 Å². The van der Waals surface area contributed by atoms with Crippen LogP contribution in [0.25, 0.3) is 0 Å². The molecule has 4 nitrogen and oxygen atoms in total. The van der Waals surface area contributed by atoms with Crippen molar-refractivity contribution in [1.29, 1.82) is 0 Å². The molecule has 20 heavy (non-hydrogen) atoms. The summed E-state index contributed by atoms with van der Waals surface area (Å²) in [4.78, 5) is 0.414. The molecule has 1 saturated heterocycles. The van der Waals surface area contributed by atoms with Gasteiger partial charge in [-0.05, 0) is 56.4 Å². The standard InChI is InChI=1S/C15H24N2O2S/c1-11-8-12(2)15(9-14(11)10-16)20(18,19)17-7-5-4-6-13(17)3/h8-9,13H,4-7,10,16H2,1-3H3. The van der Waals surface area contributed by atoms with Crippen LogP contribution in [0.4, 0.5) is 0 Å². The zero-order chi connectivity index (χ0) is 14.9. The highest BCUT2D eigenvalue weighted by Crippen LogP contribution is 2.28. The Labute approximate surface area is 122 Å². The largest absolute Gasteiger partial charge is 0.326 e. The lowest BCUT2D eigenvalue weighted by molar-refractivity contribution is 0.268. The van der Waals surface area contributed by atoms with Crippen LogP contribution in [-0.4, -0.2) is 25.3 Å². The van der Waals surface area contributed by atoms with E-state index in [0.29, 0.717) is 18.0 Å². The summed E-state index contributed by atoms with van der Waals surface area (Å²) in [6.45, 7) is 6.80. The molecular weight excluding hydrogens is 272 g/mol. The quantitative estimate of drug-likeness (QED) is 0.931. The van der Waals surface area contributed by atoms with Crippen molar-refractivity contribution in [3.05, 3.63) is 28.8 Å². The molecule has 0 bridgehead atoms. The predicted octanol–water partition coefficient (Wildman–Crippen LogP) is 2.33. The number of aryl methyl sites for hydroxylation is 2. The highest BCUT2D eigenvalue weighted by Gasteiger charge is 2.32. The summed E-state index contributed by atoms with van der Waals surface area (Å²) in [6, 6.07) is 3.75. The third-order valence-electron chi connectivity index (χ3n) is 4.18. The minimum atomic E-state index is -3.41. The second kappa shape index (κ2) is 5.84. The van der Waals surface area contributed by atoms with Gasteiger partial charge in [-0.25, -0.2) is 8.42 Å². The van der Waals surface area contributed by atoms with Crippen molar-refractivity contribution in [2.24, 2.45) is 5.73 Å². The zero-order valence-corrected chi connectivity index (χ0v) is 13.3. The average molecular weight is 296 g/mol. The van der Waals surface area contributed by atoms with Crippen molar-refractivity contribution in [3.63, 3.8) is 0 Å². The minimum absolute atomic E-state index is 0.0794. The normalized spacial score (nSPS) is 21.1. The smallest absolute Gasteiger partial charge is 0.243 e. The Morgan fingerprint density at radius 2 is 1.95 bits per heavy atom. The fraction of sp³-hybridized carbons (Fsp3) is 0.600. The summed E-state index contributed by atoms with van der Waals surface area (Å²) in [5, 5.41) is 0. The van der Waals surface area contributed by atoms with Gasteiger partial charge in [0.15, 0.2) is 0 Å². The number of hydrogen-bond donors (Lipinski definition) is 1. The molecule has 2 rings (SSSR count). The number of benzene rings is 1. The predicted molar refractivity (Wildman–Crippen MR) is 81.0 cm³/mol. The SMILES string of the molecule is Cc1cc(C)c(S(=O)(=O)N2CCCCC2C)cc1CN. The van der Waals surface area contributed by atoms with Gasteiger partial charge in [-0.3, -0.25) is 0 Å². The van der Waals surface area contributed by atoms with Gasteiger partial charge in [0, 0.05) is 19.1 Å².